The van der Waals surface area contributed by atoms with E-state index in [0.29, 0.717) is 0 Å². The first-order valence-corrected chi connectivity index (χ1v) is 2.08. The van der Waals surface area contributed by atoms with Crippen molar-refractivity contribution in [3.05, 3.63) is 0 Å². The van der Waals surface area contributed by atoms with Crippen molar-refractivity contribution in [3.63, 3.8) is 0 Å². The number of hydrogen-bond acceptors (Lipinski definition) is 1. The molecule has 8 heavy (non-hydrogen) atoms. The smallest absolute Gasteiger partial charge is 0.309 e. The van der Waals surface area contributed by atoms with E-state index in [1.807, 2.05) is 0 Å². The van der Waals surface area contributed by atoms with Gasteiger partial charge in [0.25, 0.3) is 0 Å². The summed E-state index contributed by atoms with van der Waals surface area (Å²) in [7, 11) is 0. The van der Waals surface area contributed by atoms with E-state index in [1.165, 1.54) is 0 Å². The highest BCUT2D eigenvalue weighted by atomic mass is 35.5. The molecular formula is C4H6ClFO2. The summed E-state index contributed by atoms with van der Waals surface area (Å²) < 4.78 is 11.6. The summed E-state index contributed by atoms with van der Waals surface area (Å²) in [4.78, 5) is 9.73. The van der Waals surface area contributed by atoms with Crippen LogP contribution in [-0.2, 0) is 4.79 Å². The van der Waals surface area contributed by atoms with Crippen molar-refractivity contribution in [2.75, 3.05) is 0 Å². The van der Waals surface area contributed by atoms with Gasteiger partial charge in [0, 0.05) is 0 Å². The zero-order valence-corrected chi connectivity index (χ0v) is 4.82. The van der Waals surface area contributed by atoms with Crippen LogP contribution in [0.25, 0.3) is 0 Å². The molecule has 0 radical (unpaired) electrons. The van der Waals surface area contributed by atoms with Crippen molar-refractivity contribution >= 4 is 18.4 Å². The Balaban J connectivity index is 0.000000490. The van der Waals surface area contributed by atoms with Crippen LogP contribution in [-0.4, -0.2) is 17.2 Å². The first kappa shape index (κ1) is 7.69. The molecule has 1 saturated carbocycles. The molecule has 0 amide bonds. The molecule has 0 heterocycles. The van der Waals surface area contributed by atoms with Gasteiger partial charge in [-0.3, -0.25) is 4.79 Å². The molecule has 0 aromatic heterocycles. The quantitative estimate of drug-likeness (QED) is 0.586. The minimum atomic E-state index is -1.06. The molecule has 1 rings (SSSR count). The van der Waals surface area contributed by atoms with Crippen LogP contribution in [0, 0.1) is 5.92 Å². The molecule has 1 aliphatic carbocycles. The van der Waals surface area contributed by atoms with Crippen molar-refractivity contribution in [1.82, 2.24) is 0 Å². The van der Waals surface area contributed by atoms with Crippen molar-refractivity contribution in [1.29, 1.82) is 0 Å². The van der Waals surface area contributed by atoms with Gasteiger partial charge in [-0.2, -0.15) is 0 Å². The third-order valence-electron chi connectivity index (χ3n) is 1.03. The van der Waals surface area contributed by atoms with E-state index < -0.39 is 18.1 Å². The second-order valence-electron chi connectivity index (χ2n) is 1.70. The van der Waals surface area contributed by atoms with E-state index in [2.05, 4.69) is 0 Å². The molecule has 0 bridgehead atoms. The summed E-state index contributed by atoms with van der Waals surface area (Å²) in [5, 5.41) is 7.98. The highest BCUT2D eigenvalue weighted by Crippen LogP contribution is 2.33. The van der Waals surface area contributed by atoms with Crippen LogP contribution in [0.1, 0.15) is 6.42 Å². The van der Waals surface area contributed by atoms with Crippen molar-refractivity contribution in [3.8, 4) is 0 Å². The number of carbonyl (C=O) groups is 1. The average molecular weight is 141 g/mol. The molecule has 2 nitrogen and oxygen atoms in total. The molecule has 0 aromatic rings. The Kier molecular flexibility index (Phi) is 2.22. The summed E-state index contributed by atoms with van der Waals surface area (Å²) in [6.07, 6.45) is -0.840. The van der Waals surface area contributed by atoms with E-state index in [9.17, 15) is 9.18 Å². The summed E-state index contributed by atoms with van der Waals surface area (Å²) in [5.74, 6) is -1.69. The lowest BCUT2D eigenvalue weighted by Crippen LogP contribution is -1.98. The molecule has 48 valence electrons. The van der Waals surface area contributed by atoms with Crippen LogP contribution < -0.4 is 0 Å². The Labute approximate surface area is 52.1 Å². The Bertz CT molecular complexity index is 106. The lowest BCUT2D eigenvalue weighted by Gasteiger charge is -1.77. The van der Waals surface area contributed by atoms with E-state index >= 15 is 0 Å². The number of carboxylic acids is 1. The largest absolute Gasteiger partial charge is 0.481 e. The number of alkyl halides is 1. The van der Waals surface area contributed by atoms with Crippen LogP contribution >= 0.6 is 12.4 Å². The van der Waals surface area contributed by atoms with E-state index in [4.69, 9.17) is 5.11 Å². The lowest BCUT2D eigenvalue weighted by atomic mass is 10.4. The minimum Gasteiger partial charge on any atom is -0.481 e. The van der Waals surface area contributed by atoms with Crippen molar-refractivity contribution in [2.45, 2.75) is 12.6 Å². The third kappa shape index (κ3) is 1.33. The molecule has 4 heteroatoms. The van der Waals surface area contributed by atoms with E-state index in [0.717, 1.165) is 0 Å². The molecule has 0 saturated heterocycles. The third-order valence-corrected chi connectivity index (χ3v) is 1.03. The molecule has 0 aromatic carbocycles. The second-order valence-corrected chi connectivity index (χ2v) is 1.70. The SMILES string of the molecule is Cl.O=C(O)[C@@H]1C[C@H]1F. The van der Waals surface area contributed by atoms with Gasteiger partial charge >= 0.3 is 5.97 Å². The Morgan fingerprint density at radius 2 is 2.12 bits per heavy atom. The summed E-state index contributed by atoms with van der Waals surface area (Å²) in [6, 6.07) is 0. The average Bonchev–Trinajstić information content (AvgIpc) is 2.17. The fourth-order valence-corrected chi connectivity index (χ4v) is 0.420. The van der Waals surface area contributed by atoms with Gasteiger partial charge in [0.05, 0.1) is 5.92 Å². The highest BCUT2D eigenvalue weighted by molar-refractivity contribution is 5.85. The molecule has 1 aliphatic rings. The number of aliphatic carboxylic acids is 1. The number of hydrogen-bond donors (Lipinski definition) is 1. The zero-order chi connectivity index (χ0) is 5.44. The fraction of sp³-hybridized carbons (Fsp3) is 0.750. The molecule has 0 aliphatic heterocycles. The highest BCUT2D eigenvalue weighted by Gasteiger charge is 2.43. The molecule has 0 unspecified atom stereocenters. The molecule has 1 fully saturated rings. The van der Waals surface area contributed by atoms with Gasteiger partial charge in [0.1, 0.15) is 6.17 Å². The van der Waals surface area contributed by atoms with Crippen LogP contribution in [0.2, 0.25) is 0 Å². The standard InChI is InChI=1S/C4H5FO2.ClH/c5-3-1-2(3)4(6)7;/h2-3H,1H2,(H,6,7);1H/t2-,3-;/m1./s1. The molecule has 0 spiro atoms. The summed E-state index contributed by atoms with van der Waals surface area (Å²) in [6.45, 7) is 0. The Morgan fingerprint density at radius 3 is 2.12 bits per heavy atom. The maximum Gasteiger partial charge on any atom is 0.309 e. The van der Waals surface area contributed by atoms with Gasteiger partial charge in [-0.25, -0.2) is 4.39 Å². The van der Waals surface area contributed by atoms with Gasteiger partial charge in [-0.15, -0.1) is 12.4 Å². The molecule has 2 atom stereocenters. The number of halogens is 2. The summed E-state index contributed by atoms with van der Waals surface area (Å²) >= 11 is 0. The maximum atomic E-state index is 11.6. The number of rotatable bonds is 1. The molecule has 1 N–H and O–H groups in total. The zero-order valence-electron chi connectivity index (χ0n) is 4.00. The Morgan fingerprint density at radius 1 is 1.75 bits per heavy atom. The van der Waals surface area contributed by atoms with Crippen LogP contribution in [0.3, 0.4) is 0 Å². The molecular weight excluding hydrogens is 134 g/mol. The van der Waals surface area contributed by atoms with E-state index in [1.54, 1.807) is 0 Å². The Hall–Kier alpha value is -0.310. The van der Waals surface area contributed by atoms with Gasteiger partial charge in [-0.05, 0) is 6.42 Å². The fourth-order valence-electron chi connectivity index (χ4n) is 0.420. The van der Waals surface area contributed by atoms with Gasteiger partial charge < -0.3 is 5.11 Å². The van der Waals surface area contributed by atoms with E-state index in [-0.39, 0.29) is 18.8 Å². The minimum absolute atomic E-state index is 0. The maximum absolute atomic E-state index is 11.6. The normalized spacial score (nSPS) is 33.1. The predicted molar refractivity (Wildman–Crippen MR) is 27.9 cm³/mol. The van der Waals surface area contributed by atoms with Gasteiger partial charge in [0.2, 0.25) is 0 Å². The second kappa shape index (κ2) is 2.31. The van der Waals surface area contributed by atoms with Crippen molar-refractivity contribution < 1.29 is 14.3 Å². The predicted octanol–water partition coefficient (Wildman–Crippen LogP) is 0.851. The monoisotopic (exact) mass is 140 g/mol. The first-order valence-electron chi connectivity index (χ1n) is 2.08. The van der Waals surface area contributed by atoms with Gasteiger partial charge in [-0.1, -0.05) is 0 Å². The topological polar surface area (TPSA) is 37.3 Å². The van der Waals surface area contributed by atoms with Gasteiger partial charge in [0.15, 0.2) is 0 Å². The summed E-state index contributed by atoms with van der Waals surface area (Å²) in [5.41, 5.74) is 0. The van der Waals surface area contributed by atoms with Crippen LogP contribution in [0.4, 0.5) is 4.39 Å². The van der Waals surface area contributed by atoms with Crippen molar-refractivity contribution in [2.24, 2.45) is 5.92 Å². The van der Waals surface area contributed by atoms with Crippen LogP contribution in [0.15, 0.2) is 0 Å². The van der Waals surface area contributed by atoms with Crippen LogP contribution in [0.5, 0.6) is 0 Å². The lowest BCUT2D eigenvalue weighted by molar-refractivity contribution is -0.138. The first-order chi connectivity index (χ1) is 3.22. The number of carboxylic acid groups (broad SMARTS) is 1.